The van der Waals surface area contributed by atoms with E-state index in [0.29, 0.717) is 0 Å². The molecular formula is C36H32N3P. The van der Waals surface area contributed by atoms with Crippen molar-refractivity contribution in [3.63, 3.8) is 0 Å². The number of hydrogen-bond donors (Lipinski definition) is 1. The van der Waals surface area contributed by atoms with Crippen LogP contribution in [0.5, 0.6) is 0 Å². The molecule has 6 rings (SSSR count). The van der Waals surface area contributed by atoms with Crippen molar-refractivity contribution in [1.82, 2.24) is 10.2 Å². The summed E-state index contributed by atoms with van der Waals surface area (Å²) >= 11 is 0. The Morgan fingerprint density at radius 2 is 1.18 bits per heavy atom. The predicted molar refractivity (Wildman–Crippen MR) is 172 cm³/mol. The van der Waals surface area contributed by atoms with Gasteiger partial charge in [-0.3, -0.25) is 0 Å². The molecule has 1 atom stereocenters. The molecule has 1 N–H and O–H groups in total. The molecule has 0 aliphatic heterocycles. The molecule has 0 saturated heterocycles. The van der Waals surface area contributed by atoms with Crippen LogP contribution in [0.2, 0.25) is 0 Å². The summed E-state index contributed by atoms with van der Waals surface area (Å²) in [5.41, 5.74) is 5.61. The molecule has 0 unspecified atom stereocenters. The molecule has 0 radical (unpaired) electrons. The molecule has 3 nitrogen and oxygen atoms in total. The van der Waals surface area contributed by atoms with Crippen LogP contribution in [-0.2, 0) is 0 Å². The van der Waals surface area contributed by atoms with E-state index in [1.165, 1.54) is 37.8 Å². The number of aromatic nitrogens is 2. The van der Waals surface area contributed by atoms with Crippen LogP contribution in [0.25, 0.3) is 22.0 Å². The minimum absolute atomic E-state index is 0.122. The predicted octanol–water partition coefficient (Wildman–Crippen LogP) is 7.84. The Labute approximate surface area is 237 Å². The maximum atomic E-state index is 4.93. The van der Waals surface area contributed by atoms with Crippen LogP contribution in [0.4, 0.5) is 5.82 Å². The van der Waals surface area contributed by atoms with Gasteiger partial charge < -0.3 is 5.32 Å². The third kappa shape index (κ3) is 5.01. The van der Waals surface area contributed by atoms with Crippen molar-refractivity contribution in [3.8, 4) is 11.3 Å². The van der Waals surface area contributed by atoms with Crippen molar-refractivity contribution < 1.29 is 0 Å². The van der Waals surface area contributed by atoms with E-state index in [1.54, 1.807) is 0 Å². The van der Waals surface area contributed by atoms with Crippen molar-refractivity contribution in [2.45, 2.75) is 26.8 Å². The number of nitrogens with one attached hydrogen (secondary N) is 1. The lowest BCUT2D eigenvalue weighted by Crippen LogP contribution is -2.23. The highest BCUT2D eigenvalue weighted by Gasteiger charge is 2.25. The van der Waals surface area contributed by atoms with Crippen LogP contribution in [0.3, 0.4) is 0 Å². The summed E-state index contributed by atoms with van der Waals surface area (Å²) in [6.45, 7) is 6.49. The zero-order valence-electron chi connectivity index (χ0n) is 23.0. The van der Waals surface area contributed by atoms with E-state index in [0.717, 1.165) is 22.6 Å². The Hall–Kier alpha value is -4.33. The van der Waals surface area contributed by atoms with Gasteiger partial charge in [0.25, 0.3) is 0 Å². The van der Waals surface area contributed by atoms with Crippen LogP contribution in [-0.4, -0.2) is 10.2 Å². The van der Waals surface area contributed by atoms with Gasteiger partial charge in [0, 0.05) is 5.56 Å². The highest BCUT2D eigenvalue weighted by molar-refractivity contribution is 7.80. The summed E-state index contributed by atoms with van der Waals surface area (Å²) in [5.74, 6) is 0.827. The molecule has 40 heavy (non-hydrogen) atoms. The van der Waals surface area contributed by atoms with E-state index in [9.17, 15) is 0 Å². The summed E-state index contributed by atoms with van der Waals surface area (Å²) in [5, 5.41) is 19.7. The molecule has 0 aliphatic carbocycles. The third-order valence-electron chi connectivity index (χ3n) is 7.59. The number of anilines is 1. The van der Waals surface area contributed by atoms with E-state index < -0.39 is 7.92 Å². The highest BCUT2D eigenvalue weighted by Crippen LogP contribution is 2.41. The standard InChI is InChI=1S/C36H32N3P/c1-25-26(2)36(37-27(3)28-15-7-4-8-16-28)39-38-35(25)34-32-22-14-13-17-29(32)23-24-33(34)40(30-18-9-5-10-19-30)31-20-11-6-12-21-31/h4-24,27H,1-3H3,(H,37,39)/t27-/m1/s1. The molecule has 4 heteroatoms. The van der Waals surface area contributed by atoms with Crippen LogP contribution < -0.4 is 21.2 Å². The molecule has 0 amide bonds. The van der Waals surface area contributed by atoms with Crippen LogP contribution >= 0.6 is 7.92 Å². The Kier molecular flexibility index (Phi) is 7.40. The van der Waals surface area contributed by atoms with Crippen molar-refractivity contribution in [1.29, 1.82) is 0 Å². The highest BCUT2D eigenvalue weighted by atomic mass is 31.1. The lowest BCUT2D eigenvalue weighted by molar-refractivity contribution is 0.855. The summed E-state index contributed by atoms with van der Waals surface area (Å²) in [6, 6.07) is 45.5. The molecule has 0 saturated carbocycles. The molecule has 1 aromatic heterocycles. The van der Waals surface area contributed by atoms with Crippen LogP contribution in [0.15, 0.2) is 127 Å². The minimum atomic E-state index is -0.821. The summed E-state index contributed by atoms with van der Waals surface area (Å²) < 4.78 is 0. The lowest BCUT2D eigenvalue weighted by atomic mass is 9.97. The zero-order chi connectivity index (χ0) is 27.5. The average molecular weight is 538 g/mol. The molecule has 0 aliphatic rings. The zero-order valence-corrected chi connectivity index (χ0v) is 23.9. The maximum Gasteiger partial charge on any atom is 0.152 e. The fourth-order valence-electron chi connectivity index (χ4n) is 5.29. The first kappa shape index (κ1) is 25.9. The first-order valence-corrected chi connectivity index (χ1v) is 15.0. The Morgan fingerprint density at radius 1 is 0.600 bits per heavy atom. The van der Waals surface area contributed by atoms with E-state index in [4.69, 9.17) is 10.2 Å². The number of nitrogens with zero attached hydrogens (tertiary/aromatic N) is 2. The molecule has 196 valence electrons. The number of fused-ring (bicyclic) bond motifs is 1. The molecule has 6 aromatic rings. The van der Waals surface area contributed by atoms with Gasteiger partial charge in [0.05, 0.1) is 11.7 Å². The summed E-state index contributed by atoms with van der Waals surface area (Å²) in [6.07, 6.45) is 0. The van der Waals surface area contributed by atoms with Crippen molar-refractivity contribution in [2.24, 2.45) is 0 Å². The molecule has 1 heterocycles. The second-order valence-corrected chi connectivity index (χ2v) is 12.3. The topological polar surface area (TPSA) is 37.8 Å². The first-order chi connectivity index (χ1) is 19.6. The molecule has 5 aromatic carbocycles. The first-order valence-electron chi connectivity index (χ1n) is 13.7. The van der Waals surface area contributed by atoms with Gasteiger partial charge in [-0.05, 0) is 72.1 Å². The monoisotopic (exact) mass is 537 g/mol. The maximum absolute atomic E-state index is 4.93. The second kappa shape index (κ2) is 11.4. The average Bonchev–Trinajstić information content (AvgIpc) is 3.01. The molecular weight excluding hydrogens is 505 g/mol. The van der Waals surface area contributed by atoms with Crippen molar-refractivity contribution >= 4 is 40.4 Å². The van der Waals surface area contributed by atoms with Crippen LogP contribution in [0.1, 0.15) is 29.7 Å². The number of rotatable bonds is 7. The quantitative estimate of drug-likeness (QED) is 0.211. The number of benzene rings is 5. The fourth-order valence-corrected chi connectivity index (χ4v) is 7.76. The summed E-state index contributed by atoms with van der Waals surface area (Å²) in [7, 11) is -0.821. The Morgan fingerprint density at radius 3 is 1.82 bits per heavy atom. The fraction of sp³-hybridized carbons (Fsp3) is 0.111. The molecule has 0 spiro atoms. The van der Waals surface area contributed by atoms with Gasteiger partial charge in [0.2, 0.25) is 0 Å². The van der Waals surface area contributed by atoms with E-state index in [2.05, 4.69) is 147 Å². The Balaban J connectivity index is 1.54. The van der Waals surface area contributed by atoms with Crippen molar-refractivity contribution in [3.05, 3.63) is 144 Å². The minimum Gasteiger partial charge on any atom is -0.362 e. The lowest BCUT2D eigenvalue weighted by Gasteiger charge is -2.24. The van der Waals surface area contributed by atoms with Gasteiger partial charge in [-0.15, -0.1) is 10.2 Å². The van der Waals surface area contributed by atoms with E-state index in [-0.39, 0.29) is 6.04 Å². The smallest absolute Gasteiger partial charge is 0.152 e. The van der Waals surface area contributed by atoms with Gasteiger partial charge in [0.15, 0.2) is 5.82 Å². The molecule has 0 bridgehead atoms. The van der Waals surface area contributed by atoms with Crippen molar-refractivity contribution in [2.75, 3.05) is 5.32 Å². The third-order valence-corrected chi connectivity index (χ3v) is 10.1. The van der Waals surface area contributed by atoms with Gasteiger partial charge in [-0.2, -0.15) is 0 Å². The SMILES string of the molecule is Cc1c(N[C@H](C)c2ccccc2)nnc(-c2c(P(c3ccccc3)c3ccccc3)ccc3ccccc23)c1C. The largest absolute Gasteiger partial charge is 0.362 e. The summed E-state index contributed by atoms with van der Waals surface area (Å²) in [4.78, 5) is 0. The van der Waals surface area contributed by atoms with Gasteiger partial charge in [-0.1, -0.05) is 127 Å². The van der Waals surface area contributed by atoms with Gasteiger partial charge in [0.1, 0.15) is 0 Å². The number of hydrogen-bond acceptors (Lipinski definition) is 3. The van der Waals surface area contributed by atoms with Crippen LogP contribution in [0, 0.1) is 13.8 Å². The van der Waals surface area contributed by atoms with Gasteiger partial charge in [-0.25, -0.2) is 0 Å². The normalized spacial score (nSPS) is 12.0. The molecule has 0 fully saturated rings. The van der Waals surface area contributed by atoms with Gasteiger partial charge >= 0.3 is 0 Å². The second-order valence-electron chi connectivity index (χ2n) is 10.1. The Bertz CT molecular complexity index is 1710. The van der Waals surface area contributed by atoms with E-state index >= 15 is 0 Å². The van der Waals surface area contributed by atoms with E-state index in [1.807, 2.05) is 6.07 Å².